The third kappa shape index (κ3) is 2.99. The van der Waals surface area contributed by atoms with E-state index in [4.69, 9.17) is 4.74 Å². The lowest BCUT2D eigenvalue weighted by Crippen LogP contribution is -2.18. The molecule has 17 heavy (non-hydrogen) atoms. The molecule has 0 unspecified atom stereocenters. The fourth-order valence-corrected chi connectivity index (χ4v) is 1.90. The van der Waals surface area contributed by atoms with Crippen molar-refractivity contribution in [3.05, 3.63) is 29.1 Å². The molecule has 0 fully saturated rings. The van der Waals surface area contributed by atoms with Gasteiger partial charge in [-0.1, -0.05) is 41.5 Å². The van der Waals surface area contributed by atoms with Gasteiger partial charge in [-0.3, -0.25) is 0 Å². The van der Waals surface area contributed by atoms with E-state index in [0.29, 0.717) is 11.3 Å². The molecule has 1 aromatic rings. The standard InChI is InChI=1S/C15H23FO/c1-14(2,3)10-8-11(16)13(15(4,5)6)12(9-10)17-7/h8-9H,1-7H3. The predicted molar refractivity (Wildman–Crippen MR) is 70.4 cm³/mol. The van der Waals surface area contributed by atoms with Crippen molar-refractivity contribution >= 4 is 0 Å². The summed E-state index contributed by atoms with van der Waals surface area (Å²) < 4.78 is 19.6. The fourth-order valence-electron chi connectivity index (χ4n) is 1.90. The fraction of sp³-hybridized carbons (Fsp3) is 0.600. The van der Waals surface area contributed by atoms with E-state index in [-0.39, 0.29) is 16.6 Å². The van der Waals surface area contributed by atoms with Gasteiger partial charge in [0, 0.05) is 5.56 Å². The zero-order chi connectivity index (χ0) is 13.4. The van der Waals surface area contributed by atoms with Crippen LogP contribution in [0, 0.1) is 5.82 Å². The van der Waals surface area contributed by atoms with Crippen molar-refractivity contribution in [2.24, 2.45) is 0 Å². The SMILES string of the molecule is COc1cc(C(C)(C)C)cc(F)c1C(C)(C)C. The van der Waals surface area contributed by atoms with Gasteiger partial charge in [-0.05, 0) is 28.5 Å². The van der Waals surface area contributed by atoms with Crippen molar-refractivity contribution in [2.75, 3.05) is 7.11 Å². The lowest BCUT2D eigenvalue weighted by atomic mass is 9.81. The van der Waals surface area contributed by atoms with Crippen molar-refractivity contribution in [3.63, 3.8) is 0 Å². The van der Waals surface area contributed by atoms with Crippen LogP contribution in [0.2, 0.25) is 0 Å². The lowest BCUT2D eigenvalue weighted by Gasteiger charge is -2.26. The summed E-state index contributed by atoms with van der Waals surface area (Å²) in [6.45, 7) is 12.2. The van der Waals surface area contributed by atoms with Gasteiger partial charge in [-0.2, -0.15) is 0 Å². The van der Waals surface area contributed by atoms with E-state index in [1.165, 1.54) is 0 Å². The van der Waals surface area contributed by atoms with Crippen LogP contribution in [0.1, 0.15) is 52.7 Å². The molecule has 0 atom stereocenters. The Morgan fingerprint density at radius 3 is 1.82 bits per heavy atom. The highest BCUT2D eigenvalue weighted by atomic mass is 19.1. The second kappa shape index (κ2) is 4.32. The Balaban J connectivity index is 3.47. The predicted octanol–water partition coefficient (Wildman–Crippen LogP) is 4.43. The summed E-state index contributed by atoms with van der Waals surface area (Å²) in [6.07, 6.45) is 0. The first-order valence-corrected chi connectivity index (χ1v) is 5.96. The molecule has 0 heterocycles. The van der Waals surface area contributed by atoms with Gasteiger partial charge in [0.25, 0.3) is 0 Å². The van der Waals surface area contributed by atoms with Crippen molar-refractivity contribution in [3.8, 4) is 5.75 Å². The van der Waals surface area contributed by atoms with Crippen LogP contribution in [0.4, 0.5) is 4.39 Å². The Morgan fingerprint density at radius 1 is 0.941 bits per heavy atom. The Bertz CT molecular complexity index is 408. The van der Waals surface area contributed by atoms with Gasteiger partial charge in [0.2, 0.25) is 0 Å². The average Bonchev–Trinajstić information content (AvgIpc) is 2.12. The Labute approximate surface area is 104 Å². The summed E-state index contributed by atoms with van der Waals surface area (Å²) in [5.74, 6) is 0.462. The number of hydrogen-bond donors (Lipinski definition) is 0. The normalized spacial score (nSPS) is 12.7. The van der Waals surface area contributed by atoms with Crippen LogP contribution in [-0.4, -0.2) is 7.11 Å². The highest BCUT2D eigenvalue weighted by Gasteiger charge is 2.26. The largest absolute Gasteiger partial charge is 0.496 e. The Hall–Kier alpha value is -1.05. The van der Waals surface area contributed by atoms with Crippen molar-refractivity contribution in [1.82, 2.24) is 0 Å². The van der Waals surface area contributed by atoms with E-state index in [1.807, 2.05) is 26.8 Å². The maximum Gasteiger partial charge on any atom is 0.130 e. The van der Waals surface area contributed by atoms with Crippen LogP contribution >= 0.6 is 0 Å². The molecule has 96 valence electrons. The average molecular weight is 238 g/mol. The van der Waals surface area contributed by atoms with Crippen molar-refractivity contribution in [1.29, 1.82) is 0 Å². The molecule has 1 nitrogen and oxygen atoms in total. The first kappa shape index (κ1) is 14.0. The summed E-state index contributed by atoms with van der Waals surface area (Å²) in [6, 6.07) is 3.58. The molecule has 0 aliphatic rings. The van der Waals surface area contributed by atoms with E-state index in [2.05, 4.69) is 20.8 Å². The smallest absolute Gasteiger partial charge is 0.130 e. The molecule has 1 aromatic carbocycles. The summed E-state index contributed by atoms with van der Waals surface area (Å²) in [4.78, 5) is 0. The van der Waals surface area contributed by atoms with Crippen LogP contribution in [0.25, 0.3) is 0 Å². The minimum atomic E-state index is -0.258. The van der Waals surface area contributed by atoms with Gasteiger partial charge in [0.05, 0.1) is 7.11 Å². The van der Waals surface area contributed by atoms with Gasteiger partial charge in [-0.25, -0.2) is 4.39 Å². The molecule has 0 bridgehead atoms. The highest BCUT2D eigenvalue weighted by molar-refractivity contribution is 5.44. The van der Waals surface area contributed by atoms with Gasteiger partial charge in [-0.15, -0.1) is 0 Å². The number of methoxy groups -OCH3 is 1. The van der Waals surface area contributed by atoms with Gasteiger partial charge < -0.3 is 4.74 Å². The summed E-state index contributed by atoms with van der Waals surface area (Å²) in [7, 11) is 1.59. The monoisotopic (exact) mass is 238 g/mol. The van der Waals surface area contributed by atoms with E-state index >= 15 is 0 Å². The van der Waals surface area contributed by atoms with Gasteiger partial charge >= 0.3 is 0 Å². The summed E-state index contributed by atoms with van der Waals surface area (Å²) >= 11 is 0. The zero-order valence-corrected chi connectivity index (χ0v) is 11.9. The van der Waals surface area contributed by atoms with Crippen molar-refractivity contribution < 1.29 is 9.13 Å². The second-order valence-corrected chi connectivity index (χ2v) is 6.54. The molecule has 0 amide bonds. The third-order valence-electron chi connectivity index (χ3n) is 2.89. The van der Waals surface area contributed by atoms with Gasteiger partial charge in [0.15, 0.2) is 0 Å². The molecule has 0 aliphatic carbocycles. The molecule has 0 radical (unpaired) electrons. The number of ether oxygens (including phenoxy) is 1. The first-order chi connectivity index (χ1) is 7.57. The molecule has 0 aromatic heterocycles. The number of hydrogen-bond acceptors (Lipinski definition) is 1. The topological polar surface area (TPSA) is 9.23 Å². The van der Waals surface area contributed by atoms with E-state index < -0.39 is 0 Å². The quantitative estimate of drug-likeness (QED) is 0.703. The molecule has 0 spiro atoms. The van der Waals surface area contributed by atoms with Crippen LogP contribution < -0.4 is 4.74 Å². The molecule has 1 rings (SSSR count). The summed E-state index contributed by atoms with van der Waals surface area (Å²) in [5.41, 5.74) is 1.27. The molecule has 2 heteroatoms. The lowest BCUT2D eigenvalue weighted by molar-refractivity contribution is 0.385. The Kier molecular flexibility index (Phi) is 3.56. The highest BCUT2D eigenvalue weighted by Crippen LogP contribution is 2.37. The van der Waals surface area contributed by atoms with Crippen LogP contribution in [0.3, 0.4) is 0 Å². The number of benzene rings is 1. The molecular weight excluding hydrogens is 215 g/mol. The van der Waals surface area contributed by atoms with Crippen LogP contribution in [0.15, 0.2) is 12.1 Å². The summed E-state index contributed by atoms with van der Waals surface area (Å²) in [5, 5.41) is 0. The molecule has 0 saturated heterocycles. The minimum Gasteiger partial charge on any atom is -0.496 e. The molecule has 0 N–H and O–H groups in total. The van der Waals surface area contributed by atoms with Crippen LogP contribution in [-0.2, 0) is 10.8 Å². The van der Waals surface area contributed by atoms with Gasteiger partial charge in [0.1, 0.15) is 11.6 Å². The first-order valence-electron chi connectivity index (χ1n) is 5.96. The maximum atomic E-state index is 14.2. The zero-order valence-electron chi connectivity index (χ0n) is 11.9. The van der Waals surface area contributed by atoms with E-state index in [0.717, 1.165) is 5.56 Å². The van der Waals surface area contributed by atoms with Crippen LogP contribution in [0.5, 0.6) is 5.75 Å². The number of rotatable bonds is 1. The van der Waals surface area contributed by atoms with E-state index in [9.17, 15) is 4.39 Å². The maximum absolute atomic E-state index is 14.2. The molecule has 0 saturated carbocycles. The van der Waals surface area contributed by atoms with Crippen molar-refractivity contribution in [2.45, 2.75) is 52.4 Å². The molecule has 0 aliphatic heterocycles. The second-order valence-electron chi connectivity index (χ2n) is 6.54. The number of halogens is 1. The molecular formula is C15H23FO. The Morgan fingerprint density at radius 2 is 1.47 bits per heavy atom. The third-order valence-corrected chi connectivity index (χ3v) is 2.89. The van der Waals surface area contributed by atoms with E-state index in [1.54, 1.807) is 13.2 Å². The minimum absolute atomic E-state index is 0.0788.